The monoisotopic (exact) mass is 325 g/mol. The number of carbonyl (C=O) groups excluding carboxylic acids is 1. The number of primary amides is 1. The van der Waals surface area contributed by atoms with Gasteiger partial charge in [-0.15, -0.1) is 0 Å². The van der Waals surface area contributed by atoms with Gasteiger partial charge < -0.3 is 10.5 Å². The lowest BCUT2D eigenvalue weighted by atomic mass is 10.1. The zero-order valence-corrected chi connectivity index (χ0v) is 13.0. The number of nitrogens with two attached hydrogens (primary N) is 1. The Morgan fingerprint density at radius 3 is 2.82 bits per heavy atom. The molecule has 2 fully saturated rings. The van der Waals surface area contributed by atoms with Crippen LogP contribution in [-0.4, -0.2) is 48.1 Å². The Balaban J connectivity index is 1.68. The van der Waals surface area contributed by atoms with Gasteiger partial charge >= 0.3 is 0 Å². The maximum absolute atomic E-state index is 12.3. The van der Waals surface area contributed by atoms with Gasteiger partial charge in [0.15, 0.2) is 0 Å². The van der Waals surface area contributed by atoms with Crippen LogP contribution in [0.4, 0.5) is 0 Å². The number of sulfonamides is 1. The van der Waals surface area contributed by atoms with E-state index >= 15 is 0 Å². The first-order chi connectivity index (χ1) is 10.5. The molecule has 1 unspecified atom stereocenters. The zero-order chi connectivity index (χ0) is 15.7. The summed E-state index contributed by atoms with van der Waals surface area (Å²) < 4.78 is 31.9. The van der Waals surface area contributed by atoms with E-state index in [9.17, 15) is 13.2 Å². The Bertz CT molecular complexity index is 672. The summed E-state index contributed by atoms with van der Waals surface area (Å²) in [5.41, 5.74) is 5.33. The molecular weight excluding hydrogens is 306 g/mol. The first kappa shape index (κ1) is 15.2. The van der Waals surface area contributed by atoms with Crippen LogP contribution in [0.15, 0.2) is 18.3 Å². The molecule has 8 heteroatoms. The van der Waals surface area contributed by atoms with Crippen LogP contribution in [0.3, 0.4) is 0 Å². The van der Waals surface area contributed by atoms with Gasteiger partial charge in [-0.25, -0.2) is 8.42 Å². The quantitative estimate of drug-likeness (QED) is 0.850. The number of amides is 1. The molecule has 1 saturated heterocycles. The average Bonchev–Trinajstić information content (AvgIpc) is 3.33. The third-order valence-electron chi connectivity index (χ3n) is 3.93. The molecule has 0 bridgehead atoms. The normalized spacial score (nSPS) is 23.2. The van der Waals surface area contributed by atoms with Crippen molar-refractivity contribution in [1.29, 1.82) is 0 Å². The summed E-state index contributed by atoms with van der Waals surface area (Å²) in [6.45, 7) is 0.911. The second kappa shape index (κ2) is 5.85. The second-order valence-corrected chi connectivity index (χ2v) is 7.94. The molecule has 1 atom stereocenters. The Morgan fingerprint density at radius 1 is 1.36 bits per heavy atom. The van der Waals surface area contributed by atoms with Gasteiger partial charge in [0.1, 0.15) is 17.5 Å². The fourth-order valence-electron chi connectivity index (χ4n) is 2.62. The third kappa shape index (κ3) is 3.22. The maximum atomic E-state index is 12.3. The molecule has 2 aliphatic rings. The number of carbonyl (C=O) groups is 1. The van der Waals surface area contributed by atoms with Gasteiger partial charge in [-0.05, 0) is 31.7 Å². The first-order valence-electron chi connectivity index (χ1n) is 7.38. The molecule has 1 aliphatic carbocycles. The Kier molecular flexibility index (Phi) is 4.05. The van der Waals surface area contributed by atoms with Gasteiger partial charge in [-0.1, -0.05) is 0 Å². The van der Waals surface area contributed by atoms with Crippen molar-refractivity contribution in [2.24, 2.45) is 5.73 Å². The smallest absolute Gasteiger partial charge is 0.267 e. The van der Waals surface area contributed by atoms with Crippen molar-refractivity contribution in [1.82, 2.24) is 9.29 Å². The number of hydrogen-bond acceptors (Lipinski definition) is 5. The summed E-state index contributed by atoms with van der Waals surface area (Å²) in [6.07, 6.45) is 4.31. The van der Waals surface area contributed by atoms with Crippen molar-refractivity contribution in [2.75, 3.05) is 13.1 Å². The van der Waals surface area contributed by atoms with E-state index in [2.05, 4.69) is 4.98 Å². The maximum Gasteiger partial charge on any atom is 0.267 e. The topological polar surface area (TPSA) is 103 Å². The highest BCUT2D eigenvalue weighted by Gasteiger charge is 2.41. The Labute approximate surface area is 129 Å². The van der Waals surface area contributed by atoms with Gasteiger partial charge in [0.05, 0.1) is 11.8 Å². The molecule has 22 heavy (non-hydrogen) atoms. The predicted molar refractivity (Wildman–Crippen MR) is 79.9 cm³/mol. The van der Waals surface area contributed by atoms with Crippen LogP contribution in [0, 0.1) is 0 Å². The van der Waals surface area contributed by atoms with E-state index in [-0.39, 0.29) is 17.0 Å². The summed E-state index contributed by atoms with van der Waals surface area (Å²) in [4.78, 5) is 15.0. The summed E-state index contributed by atoms with van der Waals surface area (Å²) >= 11 is 0. The SMILES string of the molecule is NC(=O)c1cc(OC2CCCN(S(=O)(=O)C3CC3)C2)ccn1. The van der Waals surface area contributed by atoms with Crippen LogP contribution in [0.1, 0.15) is 36.2 Å². The van der Waals surface area contributed by atoms with E-state index < -0.39 is 15.9 Å². The molecule has 1 aromatic heterocycles. The first-order valence-corrected chi connectivity index (χ1v) is 8.88. The van der Waals surface area contributed by atoms with Crippen LogP contribution < -0.4 is 10.5 Å². The van der Waals surface area contributed by atoms with E-state index in [0.29, 0.717) is 18.8 Å². The molecule has 7 nitrogen and oxygen atoms in total. The molecule has 1 saturated carbocycles. The van der Waals surface area contributed by atoms with E-state index in [4.69, 9.17) is 10.5 Å². The van der Waals surface area contributed by atoms with Gasteiger partial charge in [0, 0.05) is 18.8 Å². The number of ether oxygens (including phenoxy) is 1. The van der Waals surface area contributed by atoms with E-state index in [1.54, 1.807) is 6.07 Å². The standard InChI is InChI=1S/C14H19N3O4S/c15-14(18)13-8-10(5-6-16-13)21-11-2-1-7-17(9-11)22(19,20)12-3-4-12/h5-6,8,11-12H,1-4,7,9H2,(H2,15,18). The Hall–Kier alpha value is -1.67. The minimum absolute atomic E-state index is 0.135. The van der Waals surface area contributed by atoms with Gasteiger partial charge in [0.25, 0.3) is 5.91 Å². The van der Waals surface area contributed by atoms with Gasteiger partial charge in [-0.3, -0.25) is 9.78 Å². The van der Waals surface area contributed by atoms with Crippen molar-refractivity contribution < 1.29 is 17.9 Å². The number of aromatic nitrogens is 1. The van der Waals surface area contributed by atoms with Crippen LogP contribution in [-0.2, 0) is 10.0 Å². The van der Waals surface area contributed by atoms with Crippen LogP contribution in [0.5, 0.6) is 5.75 Å². The van der Waals surface area contributed by atoms with E-state index in [1.807, 2.05) is 0 Å². The summed E-state index contributed by atoms with van der Waals surface area (Å²) in [6, 6.07) is 3.12. The van der Waals surface area contributed by atoms with Gasteiger partial charge in [-0.2, -0.15) is 4.31 Å². The highest BCUT2D eigenvalue weighted by atomic mass is 32.2. The molecule has 0 radical (unpaired) electrons. The highest BCUT2D eigenvalue weighted by molar-refractivity contribution is 7.90. The van der Waals surface area contributed by atoms with Crippen molar-refractivity contribution in [2.45, 2.75) is 37.0 Å². The van der Waals surface area contributed by atoms with Crippen molar-refractivity contribution >= 4 is 15.9 Å². The number of piperidine rings is 1. The Morgan fingerprint density at radius 2 is 2.14 bits per heavy atom. The molecule has 3 rings (SSSR count). The van der Waals surface area contributed by atoms with Gasteiger partial charge in [0.2, 0.25) is 10.0 Å². The molecule has 2 heterocycles. The van der Waals surface area contributed by atoms with Crippen molar-refractivity contribution in [3.05, 3.63) is 24.0 Å². The average molecular weight is 325 g/mol. The summed E-state index contributed by atoms with van der Waals surface area (Å²) in [7, 11) is -3.17. The van der Waals surface area contributed by atoms with E-state index in [1.165, 1.54) is 16.6 Å². The van der Waals surface area contributed by atoms with Crippen LogP contribution in [0.2, 0.25) is 0 Å². The fraction of sp³-hybridized carbons (Fsp3) is 0.571. The summed E-state index contributed by atoms with van der Waals surface area (Å²) in [5, 5.41) is -0.200. The molecule has 120 valence electrons. The minimum atomic E-state index is -3.17. The van der Waals surface area contributed by atoms with Crippen molar-refractivity contribution in [3.63, 3.8) is 0 Å². The van der Waals surface area contributed by atoms with Crippen LogP contribution >= 0.6 is 0 Å². The molecule has 0 aromatic carbocycles. The number of nitrogens with zero attached hydrogens (tertiary/aromatic N) is 2. The minimum Gasteiger partial charge on any atom is -0.489 e. The third-order valence-corrected chi connectivity index (χ3v) is 6.30. The van der Waals surface area contributed by atoms with Crippen molar-refractivity contribution in [3.8, 4) is 5.75 Å². The number of rotatable bonds is 5. The van der Waals surface area contributed by atoms with E-state index in [0.717, 1.165) is 25.7 Å². The lowest BCUT2D eigenvalue weighted by molar-refractivity contribution is 0.0993. The molecule has 0 spiro atoms. The lowest BCUT2D eigenvalue weighted by Gasteiger charge is -2.32. The lowest BCUT2D eigenvalue weighted by Crippen LogP contribution is -2.45. The molecule has 1 aromatic rings. The molecule has 1 amide bonds. The molecule has 1 aliphatic heterocycles. The predicted octanol–water partition coefficient (Wildman–Crippen LogP) is 0.516. The number of hydrogen-bond donors (Lipinski definition) is 1. The van der Waals surface area contributed by atoms with Crippen LogP contribution in [0.25, 0.3) is 0 Å². The molecule has 2 N–H and O–H groups in total. The highest BCUT2D eigenvalue weighted by Crippen LogP contribution is 2.32. The largest absolute Gasteiger partial charge is 0.489 e. The number of pyridine rings is 1. The summed E-state index contributed by atoms with van der Waals surface area (Å²) in [5.74, 6) is -0.133. The zero-order valence-electron chi connectivity index (χ0n) is 12.1. The molecular formula is C14H19N3O4S. The second-order valence-electron chi connectivity index (χ2n) is 5.73. The fourth-order valence-corrected chi connectivity index (χ4v) is 4.53.